The number of hydrogen-bond donors (Lipinski definition) is 2. The van der Waals surface area contributed by atoms with Crippen LogP contribution in [0, 0.1) is 11.7 Å². The lowest BCUT2D eigenvalue weighted by Crippen LogP contribution is -2.45. The van der Waals surface area contributed by atoms with Gasteiger partial charge in [-0.1, -0.05) is 6.07 Å². The van der Waals surface area contributed by atoms with Crippen LogP contribution in [0.15, 0.2) is 18.2 Å². The highest BCUT2D eigenvalue weighted by Gasteiger charge is 2.34. The van der Waals surface area contributed by atoms with E-state index in [4.69, 9.17) is 5.11 Å². The van der Waals surface area contributed by atoms with Gasteiger partial charge in [-0.2, -0.15) is 0 Å². The van der Waals surface area contributed by atoms with Crippen LogP contribution in [-0.4, -0.2) is 35.0 Å². The summed E-state index contributed by atoms with van der Waals surface area (Å²) in [5.74, 6) is -0.270. The summed E-state index contributed by atoms with van der Waals surface area (Å²) in [5, 5.41) is 12.6. The number of rotatable bonds is 4. The molecular weight excluding hydrogens is 271 g/mol. The van der Waals surface area contributed by atoms with Gasteiger partial charge in [0.25, 0.3) is 0 Å². The van der Waals surface area contributed by atoms with E-state index in [1.54, 1.807) is 6.07 Å². The molecule has 0 bridgehead atoms. The molecule has 114 valence electrons. The van der Waals surface area contributed by atoms with Gasteiger partial charge in [-0.3, -0.25) is 4.79 Å². The monoisotopic (exact) mass is 292 g/mol. The maximum absolute atomic E-state index is 13.2. The van der Waals surface area contributed by atoms with Gasteiger partial charge in [0.2, 0.25) is 5.91 Å². The Labute approximate surface area is 124 Å². The van der Waals surface area contributed by atoms with E-state index in [9.17, 15) is 9.18 Å². The fourth-order valence-electron chi connectivity index (χ4n) is 2.82. The van der Waals surface area contributed by atoms with Crippen molar-refractivity contribution in [2.24, 2.45) is 5.92 Å². The predicted octanol–water partition coefficient (Wildman–Crippen LogP) is 2.02. The zero-order valence-electron chi connectivity index (χ0n) is 12.0. The highest BCUT2D eigenvalue weighted by molar-refractivity contribution is 5.81. The maximum Gasteiger partial charge on any atom is 0.225 e. The molecule has 1 heterocycles. The largest absolute Gasteiger partial charge is 0.505 e. The molecule has 2 fully saturated rings. The summed E-state index contributed by atoms with van der Waals surface area (Å²) in [7, 11) is 0. The average molecular weight is 292 g/mol. The van der Waals surface area contributed by atoms with Gasteiger partial charge in [0, 0.05) is 31.6 Å². The van der Waals surface area contributed by atoms with Crippen molar-refractivity contribution in [3.05, 3.63) is 29.6 Å². The fraction of sp³-hybridized carbons (Fsp3) is 0.562. The summed E-state index contributed by atoms with van der Waals surface area (Å²) in [6, 6.07) is 4.82. The third kappa shape index (κ3) is 3.53. The van der Waals surface area contributed by atoms with Crippen LogP contribution in [-0.2, 0) is 11.3 Å². The van der Waals surface area contributed by atoms with Gasteiger partial charge in [-0.05, 0) is 43.4 Å². The van der Waals surface area contributed by atoms with Crippen molar-refractivity contribution in [3.63, 3.8) is 0 Å². The molecule has 1 amide bonds. The number of halogens is 1. The van der Waals surface area contributed by atoms with Gasteiger partial charge in [0.15, 0.2) is 11.6 Å². The van der Waals surface area contributed by atoms with Crippen molar-refractivity contribution < 1.29 is 14.3 Å². The van der Waals surface area contributed by atoms with E-state index >= 15 is 0 Å². The lowest BCUT2D eigenvalue weighted by atomic mass is 10.0. The number of benzene rings is 1. The Morgan fingerprint density at radius 3 is 2.62 bits per heavy atom. The van der Waals surface area contributed by atoms with Crippen molar-refractivity contribution in [3.8, 4) is 5.75 Å². The van der Waals surface area contributed by atoms with Gasteiger partial charge >= 0.3 is 0 Å². The van der Waals surface area contributed by atoms with Gasteiger partial charge in [0.1, 0.15) is 0 Å². The van der Waals surface area contributed by atoms with Gasteiger partial charge in [-0.25, -0.2) is 4.39 Å². The van der Waals surface area contributed by atoms with E-state index < -0.39 is 5.82 Å². The minimum absolute atomic E-state index is 0.300. The molecule has 1 aliphatic carbocycles. The van der Waals surface area contributed by atoms with E-state index in [0.29, 0.717) is 24.4 Å². The van der Waals surface area contributed by atoms with Gasteiger partial charge in [0.05, 0.1) is 0 Å². The summed E-state index contributed by atoms with van der Waals surface area (Å²) in [5.41, 5.74) is 0.821. The molecule has 0 unspecified atom stereocenters. The highest BCUT2D eigenvalue weighted by Crippen LogP contribution is 2.31. The molecule has 1 aliphatic heterocycles. The Morgan fingerprint density at radius 1 is 1.29 bits per heavy atom. The third-order valence-corrected chi connectivity index (χ3v) is 4.34. The van der Waals surface area contributed by atoms with Crippen LogP contribution in [0.2, 0.25) is 0 Å². The minimum atomic E-state index is -0.584. The average Bonchev–Trinajstić information content (AvgIpc) is 3.33. The van der Waals surface area contributed by atoms with Crippen molar-refractivity contribution in [2.75, 3.05) is 13.1 Å². The summed E-state index contributed by atoms with van der Waals surface area (Å²) in [6.45, 7) is 2.21. The number of amides is 1. The molecule has 1 saturated carbocycles. The van der Waals surface area contributed by atoms with Crippen molar-refractivity contribution in [1.82, 2.24) is 10.2 Å². The number of hydrogen-bond acceptors (Lipinski definition) is 3. The van der Waals surface area contributed by atoms with Crippen LogP contribution in [0.4, 0.5) is 4.39 Å². The Hall–Kier alpha value is -1.62. The van der Waals surface area contributed by atoms with Crippen molar-refractivity contribution in [2.45, 2.75) is 38.3 Å². The molecule has 0 spiro atoms. The first-order chi connectivity index (χ1) is 10.1. The van der Waals surface area contributed by atoms with E-state index in [-0.39, 0.29) is 5.75 Å². The topological polar surface area (TPSA) is 52.6 Å². The fourth-order valence-corrected chi connectivity index (χ4v) is 2.82. The molecule has 3 rings (SSSR count). The second kappa shape index (κ2) is 6.02. The zero-order chi connectivity index (χ0) is 14.8. The zero-order valence-corrected chi connectivity index (χ0v) is 12.0. The second-order valence-electron chi connectivity index (χ2n) is 6.04. The quantitative estimate of drug-likeness (QED) is 0.892. The summed E-state index contributed by atoms with van der Waals surface area (Å²) in [4.78, 5) is 13.9. The molecule has 0 atom stereocenters. The Kier molecular flexibility index (Phi) is 4.10. The first-order valence-electron chi connectivity index (χ1n) is 7.63. The molecule has 1 saturated heterocycles. The first kappa shape index (κ1) is 14.3. The molecule has 2 aliphatic rings. The molecule has 0 aromatic heterocycles. The van der Waals surface area contributed by atoms with E-state index in [1.807, 2.05) is 4.90 Å². The Morgan fingerprint density at radius 2 is 2.00 bits per heavy atom. The molecule has 1 aromatic rings. The maximum atomic E-state index is 13.2. The number of carbonyl (C=O) groups is 1. The third-order valence-electron chi connectivity index (χ3n) is 4.34. The van der Waals surface area contributed by atoms with E-state index in [0.717, 1.165) is 44.3 Å². The molecule has 2 N–H and O–H groups in total. The molecule has 0 radical (unpaired) electrons. The first-order valence-corrected chi connectivity index (χ1v) is 7.63. The van der Waals surface area contributed by atoms with Crippen LogP contribution in [0.3, 0.4) is 0 Å². The second-order valence-corrected chi connectivity index (χ2v) is 6.04. The van der Waals surface area contributed by atoms with E-state index in [2.05, 4.69) is 5.32 Å². The molecule has 21 heavy (non-hydrogen) atoms. The summed E-state index contributed by atoms with van der Waals surface area (Å²) < 4.78 is 13.2. The molecule has 1 aromatic carbocycles. The van der Waals surface area contributed by atoms with Crippen LogP contribution in [0.1, 0.15) is 31.2 Å². The number of nitrogens with zero attached hydrogens (tertiary/aromatic N) is 1. The van der Waals surface area contributed by atoms with Crippen LogP contribution >= 0.6 is 0 Å². The number of aromatic hydroxyl groups is 1. The highest BCUT2D eigenvalue weighted by atomic mass is 19.1. The number of phenolic OH excluding ortho intramolecular Hbond substituents is 1. The molecular formula is C16H21FN2O2. The number of likely N-dealkylation sites (tertiary alicyclic amines) is 1. The Bertz CT molecular complexity index is 523. The standard InChI is InChI=1S/C16H21FN2O2/c17-14-9-11(1-4-15(14)20)10-18-13-5-7-19(8-6-13)16(21)12-2-3-12/h1,4,9,12-13,18,20H,2-3,5-8,10H2. The van der Waals surface area contributed by atoms with Gasteiger partial charge in [-0.15, -0.1) is 0 Å². The number of piperidine rings is 1. The van der Waals surface area contributed by atoms with Crippen LogP contribution in [0.25, 0.3) is 0 Å². The summed E-state index contributed by atoms with van der Waals surface area (Å²) >= 11 is 0. The van der Waals surface area contributed by atoms with Crippen LogP contribution in [0.5, 0.6) is 5.75 Å². The Balaban J connectivity index is 1.44. The van der Waals surface area contributed by atoms with Crippen molar-refractivity contribution in [1.29, 1.82) is 0 Å². The summed E-state index contributed by atoms with van der Waals surface area (Å²) in [6.07, 6.45) is 4.00. The number of nitrogens with one attached hydrogen (secondary N) is 1. The smallest absolute Gasteiger partial charge is 0.225 e. The molecule has 4 nitrogen and oxygen atoms in total. The lowest BCUT2D eigenvalue weighted by Gasteiger charge is -2.32. The SMILES string of the molecule is O=C(C1CC1)N1CCC(NCc2ccc(O)c(F)c2)CC1. The van der Waals surface area contributed by atoms with Gasteiger partial charge < -0.3 is 15.3 Å². The van der Waals surface area contributed by atoms with Crippen molar-refractivity contribution >= 4 is 5.91 Å². The predicted molar refractivity (Wildman–Crippen MR) is 77.2 cm³/mol. The molecule has 5 heteroatoms. The number of phenols is 1. The normalized spacial score (nSPS) is 19.8. The van der Waals surface area contributed by atoms with Crippen LogP contribution < -0.4 is 5.32 Å². The van der Waals surface area contributed by atoms with E-state index in [1.165, 1.54) is 12.1 Å². The minimum Gasteiger partial charge on any atom is -0.505 e. The lowest BCUT2D eigenvalue weighted by molar-refractivity contribution is -0.133. The number of carbonyl (C=O) groups excluding carboxylic acids is 1.